The van der Waals surface area contributed by atoms with Gasteiger partial charge in [-0.3, -0.25) is 76.7 Å². The molecule has 4 aliphatic carbocycles. The van der Waals surface area contributed by atoms with Gasteiger partial charge in [-0.1, -0.05) is 40.5 Å². The van der Waals surface area contributed by atoms with Crippen LogP contribution in [0.3, 0.4) is 0 Å². The van der Waals surface area contributed by atoms with E-state index in [1.807, 2.05) is 0 Å². The second-order valence-electron chi connectivity index (χ2n) is 21.1. The van der Waals surface area contributed by atoms with Crippen molar-refractivity contribution >= 4 is 95.8 Å². The lowest BCUT2D eigenvalue weighted by Crippen LogP contribution is -2.61. The highest BCUT2D eigenvalue weighted by molar-refractivity contribution is 6.10. The van der Waals surface area contributed by atoms with E-state index in [0.29, 0.717) is 39.3 Å². The summed E-state index contributed by atoms with van der Waals surface area (Å²) in [6, 6.07) is 0. The second kappa shape index (κ2) is 32.7. The van der Waals surface area contributed by atoms with E-state index in [-0.39, 0.29) is 61.8 Å². The Kier molecular flexibility index (Phi) is 27.0. The average Bonchev–Trinajstić information content (AvgIpc) is 1.73. The van der Waals surface area contributed by atoms with Crippen LogP contribution in [0.4, 0.5) is 0 Å². The van der Waals surface area contributed by atoms with Crippen molar-refractivity contribution in [3.05, 3.63) is 0 Å². The molecule has 0 aromatic carbocycles. The van der Waals surface area contributed by atoms with Gasteiger partial charge in [0.2, 0.25) is 0 Å². The van der Waals surface area contributed by atoms with Gasteiger partial charge >= 0.3 is 59.7 Å². The van der Waals surface area contributed by atoms with Crippen LogP contribution in [0.15, 0.2) is 0 Å². The Bertz CT molecular complexity index is 2320. The number of cyclic esters (lactones) is 8. The van der Waals surface area contributed by atoms with Crippen molar-refractivity contribution in [1.82, 2.24) is 0 Å². The summed E-state index contributed by atoms with van der Waals surface area (Å²) >= 11 is 0. The van der Waals surface area contributed by atoms with Gasteiger partial charge in [-0.05, 0) is 65.2 Å². The summed E-state index contributed by atoms with van der Waals surface area (Å²) in [6.45, 7) is 15.2. The molecular weight excluding hydrogens is 1100 g/mol. The first-order valence-electron chi connectivity index (χ1n) is 28.0. The molecule has 8 aliphatic rings. The maximum absolute atomic E-state index is 12.5. The highest BCUT2D eigenvalue weighted by atomic mass is 16.6. The predicted octanol–water partition coefficient (Wildman–Crippen LogP) is 2.33. The Labute approximate surface area is 477 Å². The number of hydrogen-bond donors (Lipinski definition) is 2. The number of Topliss-reactive ketones (excluding diaryl/α,β-unsaturated/α-hetero) is 4. The summed E-state index contributed by atoms with van der Waals surface area (Å²) in [5.41, 5.74) is 0. The molecule has 0 amide bonds. The Morgan fingerprint density at radius 1 is 0.434 bits per heavy atom. The molecule has 0 bridgehead atoms. The summed E-state index contributed by atoms with van der Waals surface area (Å²) in [5.74, 6) is -20.9. The van der Waals surface area contributed by atoms with Crippen molar-refractivity contribution < 1.29 is 130 Å². The van der Waals surface area contributed by atoms with Crippen LogP contribution in [0.5, 0.6) is 0 Å². The number of carbonyl (C=O) groups is 16. The van der Waals surface area contributed by atoms with Crippen LogP contribution in [0.1, 0.15) is 119 Å². The number of carbonyl (C=O) groups excluding carboxylic acids is 14. The number of carboxylic acids is 2. The predicted molar refractivity (Wildman–Crippen MR) is 272 cm³/mol. The van der Waals surface area contributed by atoms with Gasteiger partial charge in [-0.25, -0.2) is 0 Å². The molecule has 0 aromatic rings. The van der Waals surface area contributed by atoms with E-state index in [2.05, 4.69) is 46.6 Å². The van der Waals surface area contributed by atoms with Gasteiger partial charge in [-0.15, -0.1) is 0 Å². The minimum Gasteiger partial charge on any atom is -0.481 e. The monoisotopic (exact) mass is 1180 g/mol. The zero-order valence-electron chi connectivity index (χ0n) is 47.2. The molecular formula is C56H74O27. The van der Waals surface area contributed by atoms with Crippen molar-refractivity contribution in [3.63, 3.8) is 0 Å². The lowest BCUT2D eigenvalue weighted by atomic mass is 9.58. The third kappa shape index (κ3) is 16.6. The highest BCUT2D eigenvalue weighted by Crippen LogP contribution is 2.55. The third-order valence-corrected chi connectivity index (χ3v) is 15.7. The van der Waals surface area contributed by atoms with Crippen LogP contribution in [0.2, 0.25) is 0 Å². The van der Waals surface area contributed by atoms with Gasteiger partial charge in [0, 0.05) is 64.3 Å². The standard InChI is InChI=1S/C17H26O7.C16H24O7.C9H6O6.C8H4O6.C6H14O/c1-3-4-7-23-8-5-6-13(20)16-14(24-10-18)9-12(17(21)22)15(16)11(2)19;1-3-4-7-22-8-5-6-11(19)13-12(10(2)18)14(16(20)21)15(13)23-9-17;10-6-2-1-3-5(4(2)8(12)14-6)9(13)15-7(3)11;9-5-1-2(6(10)13-5)4-3(1)7(11)14-8(4)12;1-3-5-7-6-4-2/h10,12,14-16H,3-9H2,1-2H3,(H,21,22);9,12-15H,3-8H2,1-2H3,(H,20,21);2-5H,1H2;1-4H;3-6H2,1-2H3. The molecule has 8 fully saturated rings. The van der Waals surface area contributed by atoms with Crippen LogP contribution in [-0.2, 0) is 119 Å². The minimum absolute atomic E-state index is 0.0122. The summed E-state index contributed by atoms with van der Waals surface area (Å²) in [4.78, 5) is 181. The molecule has 4 saturated heterocycles. The zero-order chi connectivity index (χ0) is 61.8. The summed E-state index contributed by atoms with van der Waals surface area (Å²) in [5, 5.41) is 18.5. The molecule has 4 heterocycles. The Morgan fingerprint density at radius 2 is 0.807 bits per heavy atom. The first-order valence-corrected chi connectivity index (χ1v) is 28.0. The van der Waals surface area contributed by atoms with E-state index in [1.54, 1.807) is 0 Å². The summed E-state index contributed by atoms with van der Waals surface area (Å²) in [7, 11) is 0. The van der Waals surface area contributed by atoms with Crippen molar-refractivity contribution in [3.8, 4) is 0 Å². The highest BCUT2D eigenvalue weighted by Gasteiger charge is 2.73. The molecule has 0 aromatic heterocycles. The fraction of sp³-hybridized carbons (Fsp3) is 0.714. The van der Waals surface area contributed by atoms with E-state index in [0.717, 1.165) is 51.7 Å². The third-order valence-electron chi connectivity index (χ3n) is 15.7. The Balaban J connectivity index is 0.000000232. The number of ether oxygens (including phenoxy) is 9. The fourth-order valence-electron chi connectivity index (χ4n) is 11.7. The van der Waals surface area contributed by atoms with E-state index in [1.165, 1.54) is 13.8 Å². The first-order chi connectivity index (χ1) is 39.5. The number of aliphatic carboxylic acids is 2. The normalized spacial score (nSPS) is 30.7. The summed E-state index contributed by atoms with van der Waals surface area (Å²) in [6.07, 6.45) is 5.84. The maximum Gasteiger partial charge on any atom is 0.318 e. The van der Waals surface area contributed by atoms with Crippen LogP contribution in [-0.4, -0.2) is 158 Å². The SMILES string of the molecule is CCCCOCCCC(=O)C1C(OC=O)C(C(=O)O)C1C(C)=O.CCCCOCCCC(=O)C1C(OC=O)CC(C(=O)O)C1C(C)=O.CCCOCCC.O=C1OC(=O)C2C1C1C(=O)OC(=O)C21.O=C1OC(=O)C2C1CC1C(=O)OC(=O)C12. The van der Waals surface area contributed by atoms with E-state index < -0.39 is 155 Å². The van der Waals surface area contributed by atoms with Crippen molar-refractivity contribution in [2.24, 2.45) is 82.9 Å². The number of unbranched alkanes of at least 4 members (excludes halogenated alkanes) is 2. The molecule has 12 atom stereocenters. The molecule has 12 unspecified atom stereocenters. The van der Waals surface area contributed by atoms with Gasteiger partial charge in [-0.2, -0.15) is 0 Å². The van der Waals surface area contributed by atoms with E-state index in [4.69, 9.17) is 28.8 Å². The van der Waals surface area contributed by atoms with Crippen LogP contribution in [0, 0.1) is 82.9 Å². The molecule has 2 N–H and O–H groups in total. The molecule has 27 nitrogen and oxygen atoms in total. The van der Waals surface area contributed by atoms with Gasteiger partial charge in [0.25, 0.3) is 12.9 Å². The number of ketones is 4. The van der Waals surface area contributed by atoms with Gasteiger partial charge < -0.3 is 52.8 Å². The smallest absolute Gasteiger partial charge is 0.318 e. The number of rotatable bonds is 28. The average molecular weight is 1180 g/mol. The molecule has 0 spiro atoms. The van der Waals surface area contributed by atoms with Crippen LogP contribution < -0.4 is 0 Å². The van der Waals surface area contributed by atoms with Crippen molar-refractivity contribution in [2.75, 3.05) is 39.6 Å². The minimum atomic E-state index is -1.23. The Morgan fingerprint density at radius 3 is 1.17 bits per heavy atom. The Hall–Kier alpha value is -7.00. The maximum atomic E-state index is 12.5. The second-order valence-corrected chi connectivity index (χ2v) is 21.1. The van der Waals surface area contributed by atoms with Gasteiger partial charge in [0.15, 0.2) is 0 Å². The van der Waals surface area contributed by atoms with Gasteiger partial charge in [0.05, 0.1) is 65.1 Å². The van der Waals surface area contributed by atoms with Crippen molar-refractivity contribution in [2.45, 2.75) is 131 Å². The molecule has 4 aliphatic heterocycles. The number of esters is 8. The number of carboxylic acid groups (broad SMARTS) is 2. The molecule has 4 saturated carbocycles. The molecule has 0 radical (unpaired) electrons. The number of fused-ring (bicyclic) bond motifs is 7. The molecule has 83 heavy (non-hydrogen) atoms. The van der Waals surface area contributed by atoms with Crippen LogP contribution in [0.25, 0.3) is 0 Å². The fourth-order valence-corrected chi connectivity index (χ4v) is 11.7. The number of hydrogen-bond acceptors (Lipinski definition) is 25. The van der Waals surface area contributed by atoms with Crippen molar-refractivity contribution in [1.29, 1.82) is 0 Å². The topological polar surface area (TPSA) is 397 Å². The van der Waals surface area contributed by atoms with E-state index in [9.17, 15) is 81.8 Å². The molecule has 8 rings (SSSR count). The largest absolute Gasteiger partial charge is 0.481 e. The quantitative estimate of drug-likeness (QED) is 0.0373. The van der Waals surface area contributed by atoms with Crippen LogP contribution >= 0.6 is 0 Å². The molecule has 27 heteroatoms. The molecule has 460 valence electrons. The lowest BCUT2D eigenvalue weighted by molar-refractivity contribution is -0.187. The van der Waals surface area contributed by atoms with Gasteiger partial charge in [0.1, 0.15) is 41.3 Å². The lowest BCUT2D eigenvalue weighted by Gasteiger charge is -2.46. The van der Waals surface area contributed by atoms with E-state index >= 15 is 0 Å². The first kappa shape index (κ1) is 68.5. The summed E-state index contributed by atoms with van der Waals surface area (Å²) < 4.78 is 43.1. The zero-order valence-corrected chi connectivity index (χ0v) is 47.2.